The standard InChI is InChI=1S/C21H16FN5O2/c1-29-20(15-9-23-12-24-10-15)14-7-13-3-2-6-25-19(13)17(8-14)21(28)27-18-5-4-16(22)11-26-18/h2-12,20H,1H3,(H,26,27,28). The first-order chi connectivity index (χ1) is 14.2. The lowest BCUT2D eigenvalue weighted by atomic mass is 9.98. The van der Waals surface area contributed by atoms with Gasteiger partial charge in [-0.25, -0.2) is 19.3 Å². The van der Waals surface area contributed by atoms with Crippen molar-refractivity contribution in [3.8, 4) is 0 Å². The highest BCUT2D eigenvalue weighted by Crippen LogP contribution is 2.29. The van der Waals surface area contributed by atoms with Crippen molar-refractivity contribution in [1.29, 1.82) is 0 Å². The number of nitrogens with zero attached hydrogens (tertiary/aromatic N) is 4. The Labute approximate surface area is 165 Å². The number of hydrogen-bond donors (Lipinski definition) is 1. The largest absolute Gasteiger partial charge is 0.372 e. The van der Waals surface area contributed by atoms with Crippen molar-refractivity contribution >= 4 is 22.6 Å². The second kappa shape index (κ2) is 8.07. The number of amides is 1. The summed E-state index contributed by atoms with van der Waals surface area (Å²) in [5, 5.41) is 3.46. The lowest BCUT2D eigenvalue weighted by Crippen LogP contribution is -2.15. The highest BCUT2D eigenvalue weighted by Gasteiger charge is 2.20. The van der Waals surface area contributed by atoms with Crippen LogP contribution in [-0.4, -0.2) is 33.0 Å². The molecule has 3 aromatic heterocycles. The molecule has 0 aliphatic carbocycles. The number of hydrogen-bond acceptors (Lipinski definition) is 6. The van der Waals surface area contributed by atoms with E-state index in [2.05, 4.69) is 25.3 Å². The molecule has 0 aliphatic rings. The maximum atomic E-state index is 13.1. The molecule has 0 bridgehead atoms. The van der Waals surface area contributed by atoms with Crippen LogP contribution in [0.1, 0.15) is 27.6 Å². The van der Waals surface area contributed by atoms with Crippen LogP contribution >= 0.6 is 0 Å². The second-order valence-corrected chi connectivity index (χ2v) is 6.25. The van der Waals surface area contributed by atoms with Gasteiger partial charge in [-0.2, -0.15) is 0 Å². The van der Waals surface area contributed by atoms with Crippen molar-refractivity contribution in [3.05, 3.63) is 90.0 Å². The summed E-state index contributed by atoms with van der Waals surface area (Å²) in [7, 11) is 1.58. The van der Waals surface area contributed by atoms with Crippen LogP contribution in [0.5, 0.6) is 0 Å². The molecule has 0 saturated heterocycles. The lowest BCUT2D eigenvalue weighted by Gasteiger charge is -2.17. The molecule has 0 aliphatic heterocycles. The van der Waals surface area contributed by atoms with Gasteiger partial charge in [0.25, 0.3) is 5.91 Å². The first-order valence-corrected chi connectivity index (χ1v) is 8.75. The quantitative estimate of drug-likeness (QED) is 0.561. The Balaban J connectivity index is 1.78. The third-order valence-electron chi connectivity index (χ3n) is 4.36. The number of benzene rings is 1. The topological polar surface area (TPSA) is 89.9 Å². The van der Waals surface area contributed by atoms with Crippen LogP contribution < -0.4 is 5.32 Å². The zero-order valence-electron chi connectivity index (χ0n) is 15.4. The van der Waals surface area contributed by atoms with E-state index in [0.717, 1.165) is 22.7 Å². The summed E-state index contributed by atoms with van der Waals surface area (Å²) in [6.07, 6.45) is 6.96. The van der Waals surface area contributed by atoms with E-state index in [1.165, 1.54) is 18.5 Å². The van der Waals surface area contributed by atoms with E-state index in [1.807, 2.05) is 12.1 Å². The first-order valence-electron chi connectivity index (χ1n) is 8.75. The van der Waals surface area contributed by atoms with Gasteiger partial charge in [0.1, 0.15) is 24.1 Å². The number of nitrogens with one attached hydrogen (secondary N) is 1. The molecule has 29 heavy (non-hydrogen) atoms. The number of anilines is 1. The Bertz CT molecular complexity index is 1150. The fourth-order valence-corrected chi connectivity index (χ4v) is 3.08. The molecular formula is C21H16FN5O2. The Kier molecular flexibility index (Phi) is 5.17. The third-order valence-corrected chi connectivity index (χ3v) is 4.36. The summed E-state index contributed by atoms with van der Waals surface area (Å²) in [5.41, 5.74) is 2.39. The van der Waals surface area contributed by atoms with Gasteiger partial charge >= 0.3 is 0 Å². The molecule has 1 N–H and O–H groups in total. The predicted octanol–water partition coefficient (Wildman–Crippen LogP) is 3.55. The van der Waals surface area contributed by atoms with Gasteiger partial charge in [-0.1, -0.05) is 6.07 Å². The Morgan fingerprint density at radius 2 is 1.90 bits per heavy atom. The van der Waals surface area contributed by atoms with Gasteiger partial charge in [0.2, 0.25) is 0 Å². The minimum atomic E-state index is -0.481. The summed E-state index contributed by atoms with van der Waals surface area (Å²) in [6.45, 7) is 0. The molecule has 1 amide bonds. The van der Waals surface area contributed by atoms with Crippen molar-refractivity contribution in [1.82, 2.24) is 19.9 Å². The second-order valence-electron chi connectivity index (χ2n) is 6.25. The van der Waals surface area contributed by atoms with Crippen LogP contribution in [0, 0.1) is 5.82 Å². The molecule has 0 saturated carbocycles. The maximum Gasteiger partial charge on any atom is 0.259 e. The number of methoxy groups -OCH3 is 1. The minimum Gasteiger partial charge on any atom is -0.372 e. The van der Waals surface area contributed by atoms with Crippen LogP contribution in [0.25, 0.3) is 10.9 Å². The Morgan fingerprint density at radius 1 is 1.07 bits per heavy atom. The molecule has 8 heteroatoms. The third kappa shape index (κ3) is 3.92. The van der Waals surface area contributed by atoms with Crippen LogP contribution in [0.3, 0.4) is 0 Å². The smallest absolute Gasteiger partial charge is 0.259 e. The van der Waals surface area contributed by atoms with Crippen molar-refractivity contribution in [2.75, 3.05) is 12.4 Å². The van der Waals surface area contributed by atoms with Gasteiger partial charge < -0.3 is 10.1 Å². The van der Waals surface area contributed by atoms with Gasteiger partial charge in [0.05, 0.1) is 17.3 Å². The van der Waals surface area contributed by atoms with Crippen molar-refractivity contribution < 1.29 is 13.9 Å². The van der Waals surface area contributed by atoms with E-state index in [9.17, 15) is 9.18 Å². The number of rotatable bonds is 5. The first kappa shape index (κ1) is 18.6. The van der Waals surface area contributed by atoms with E-state index in [4.69, 9.17) is 4.74 Å². The summed E-state index contributed by atoms with van der Waals surface area (Å²) in [6, 6.07) is 9.92. The van der Waals surface area contributed by atoms with E-state index in [0.29, 0.717) is 11.1 Å². The molecule has 144 valence electrons. The Hall–Kier alpha value is -3.78. The molecule has 4 aromatic rings. The fraction of sp³-hybridized carbons (Fsp3) is 0.0952. The SMILES string of the molecule is COC(c1cncnc1)c1cc(C(=O)Nc2ccc(F)cn2)c2ncccc2c1. The molecule has 0 spiro atoms. The molecule has 1 unspecified atom stereocenters. The highest BCUT2D eigenvalue weighted by atomic mass is 19.1. The number of pyridine rings is 2. The van der Waals surface area contributed by atoms with Crippen molar-refractivity contribution in [3.63, 3.8) is 0 Å². The monoisotopic (exact) mass is 389 g/mol. The van der Waals surface area contributed by atoms with Crippen LogP contribution in [-0.2, 0) is 4.74 Å². The molecular weight excluding hydrogens is 373 g/mol. The maximum absolute atomic E-state index is 13.1. The van der Waals surface area contributed by atoms with Crippen LogP contribution in [0.4, 0.5) is 10.2 Å². The van der Waals surface area contributed by atoms with Gasteiger partial charge in [0, 0.05) is 36.7 Å². The predicted molar refractivity (Wildman–Crippen MR) is 105 cm³/mol. The summed E-state index contributed by atoms with van der Waals surface area (Å²) in [5.74, 6) is -0.649. The van der Waals surface area contributed by atoms with Crippen molar-refractivity contribution in [2.45, 2.75) is 6.10 Å². The average molecular weight is 389 g/mol. The van der Waals surface area contributed by atoms with E-state index >= 15 is 0 Å². The minimum absolute atomic E-state index is 0.241. The molecule has 1 aromatic carbocycles. The molecule has 0 fully saturated rings. The number of carbonyl (C=O) groups is 1. The van der Waals surface area contributed by atoms with Crippen molar-refractivity contribution in [2.24, 2.45) is 0 Å². The number of halogens is 1. The van der Waals surface area contributed by atoms with E-state index in [-0.39, 0.29) is 5.82 Å². The summed E-state index contributed by atoms with van der Waals surface area (Å²) in [4.78, 5) is 29.3. The average Bonchev–Trinajstić information content (AvgIpc) is 2.76. The fourth-order valence-electron chi connectivity index (χ4n) is 3.08. The number of fused-ring (bicyclic) bond motifs is 1. The van der Waals surface area contributed by atoms with Gasteiger partial charge in [-0.15, -0.1) is 0 Å². The summed E-state index contributed by atoms with van der Waals surface area (Å²) < 4.78 is 18.7. The Morgan fingerprint density at radius 3 is 2.62 bits per heavy atom. The molecule has 3 heterocycles. The van der Waals surface area contributed by atoms with E-state index < -0.39 is 17.8 Å². The van der Waals surface area contributed by atoms with Gasteiger partial charge in [-0.3, -0.25) is 9.78 Å². The zero-order valence-corrected chi connectivity index (χ0v) is 15.4. The number of carbonyl (C=O) groups excluding carboxylic acids is 1. The number of ether oxygens (including phenoxy) is 1. The zero-order chi connectivity index (χ0) is 20.2. The van der Waals surface area contributed by atoms with Gasteiger partial charge in [-0.05, 0) is 35.9 Å². The lowest BCUT2D eigenvalue weighted by molar-refractivity contribution is 0.102. The normalized spacial score (nSPS) is 11.9. The molecule has 4 rings (SSSR count). The van der Waals surface area contributed by atoms with Crippen LogP contribution in [0.15, 0.2) is 67.5 Å². The van der Waals surface area contributed by atoms with Gasteiger partial charge in [0.15, 0.2) is 0 Å². The summed E-state index contributed by atoms with van der Waals surface area (Å²) >= 11 is 0. The molecule has 0 radical (unpaired) electrons. The highest BCUT2D eigenvalue weighted by molar-refractivity contribution is 6.11. The number of aromatic nitrogens is 4. The molecule has 1 atom stereocenters. The van der Waals surface area contributed by atoms with E-state index in [1.54, 1.807) is 37.8 Å². The van der Waals surface area contributed by atoms with Crippen LogP contribution in [0.2, 0.25) is 0 Å². The molecule has 7 nitrogen and oxygen atoms in total.